The van der Waals surface area contributed by atoms with Crippen LogP contribution in [0.15, 0.2) is 52.7 Å². The number of carbonyl (C=O) groups excluding carboxylic acids is 1. The van der Waals surface area contributed by atoms with E-state index in [4.69, 9.17) is 0 Å². The first-order valence-electron chi connectivity index (χ1n) is 9.33. The van der Waals surface area contributed by atoms with Gasteiger partial charge in [-0.05, 0) is 55.3 Å². The minimum absolute atomic E-state index is 0.0516. The number of fused-ring (bicyclic) bond motifs is 1. The molecule has 30 heavy (non-hydrogen) atoms. The summed E-state index contributed by atoms with van der Waals surface area (Å²) in [6, 6.07) is 10.4. The van der Waals surface area contributed by atoms with E-state index in [1.165, 1.54) is 19.2 Å². The van der Waals surface area contributed by atoms with Gasteiger partial charge in [-0.3, -0.25) is 4.79 Å². The van der Waals surface area contributed by atoms with Crippen molar-refractivity contribution in [2.45, 2.75) is 18.2 Å². The van der Waals surface area contributed by atoms with Crippen LogP contribution in [0.2, 0.25) is 0 Å². The van der Waals surface area contributed by atoms with Gasteiger partial charge in [-0.1, -0.05) is 6.07 Å². The van der Waals surface area contributed by atoms with Gasteiger partial charge in [-0.25, -0.2) is 17.8 Å². The molecule has 4 rings (SSSR count). The fourth-order valence-electron chi connectivity index (χ4n) is 3.46. The number of benzene rings is 2. The predicted octanol–water partition coefficient (Wildman–Crippen LogP) is 3.47. The van der Waals surface area contributed by atoms with E-state index in [1.807, 2.05) is 30.5 Å². The minimum atomic E-state index is -3.89. The maximum atomic E-state index is 13.1. The van der Waals surface area contributed by atoms with Crippen LogP contribution in [-0.2, 0) is 21.2 Å². The van der Waals surface area contributed by atoms with Crippen LogP contribution >= 0.6 is 11.3 Å². The normalized spacial score (nSPS) is 13.7. The molecular formula is C21H20FN3O3S2. The Bertz CT molecular complexity index is 1210. The Hall–Kier alpha value is -2.62. The fourth-order valence-corrected chi connectivity index (χ4v) is 5.21. The number of hydrogen-bond acceptors (Lipinski definition) is 5. The van der Waals surface area contributed by atoms with E-state index in [0.717, 1.165) is 44.0 Å². The van der Waals surface area contributed by atoms with Crippen molar-refractivity contribution >= 4 is 33.0 Å². The van der Waals surface area contributed by atoms with Crippen molar-refractivity contribution in [1.29, 1.82) is 0 Å². The van der Waals surface area contributed by atoms with E-state index in [1.54, 1.807) is 16.2 Å². The smallest absolute Gasteiger partial charge is 0.243 e. The molecule has 2 aromatic carbocycles. The van der Waals surface area contributed by atoms with Crippen LogP contribution in [0.1, 0.15) is 10.6 Å². The van der Waals surface area contributed by atoms with Gasteiger partial charge in [0.05, 0.1) is 22.1 Å². The molecule has 0 N–H and O–H groups in total. The minimum Gasteiger partial charge on any atom is -0.311 e. The highest BCUT2D eigenvalue weighted by molar-refractivity contribution is 7.89. The molecule has 6 nitrogen and oxygen atoms in total. The van der Waals surface area contributed by atoms with Crippen LogP contribution in [-0.4, -0.2) is 43.8 Å². The lowest BCUT2D eigenvalue weighted by molar-refractivity contribution is -0.118. The number of carbonyl (C=O) groups is 1. The van der Waals surface area contributed by atoms with Gasteiger partial charge in [0.1, 0.15) is 5.82 Å². The van der Waals surface area contributed by atoms with Gasteiger partial charge in [-0.2, -0.15) is 4.31 Å². The van der Waals surface area contributed by atoms with Crippen LogP contribution in [0.3, 0.4) is 0 Å². The summed E-state index contributed by atoms with van der Waals surface area (Å²) < 4.78 is 39.4. The summed E-state index contributed by atoms with van der Waals surface area (Å²) in [4.78, 5) is 18.9. The highest BCUT2D eigenvalue weighted by Gasteiger charge is 2.29. The zero-order valence-electron chi connectivity index (χ0n) is 16.5. The van der Waals surface area contributed by atoms with E-state index >= 15 is 0 Å². The highest BCUT2D eigenvalue weighted by Crippen LogP contribution is 2.33. The first-order chi connectivity index (χ1) is 14.3. The van der Waals surface area contributed by atoms with E-state index in [-0.39, 0.29) is 17.3 Å². The molecule has 0 fully saturated rings. The van der Waals surface area contributed by atoms with Crippen LogP contribution in [0.5, 0.6) is 0 Å². The topological polar surface area (TPSA) is 70.6 Å². The summed E-state index contributed by atoms with van der Waals surface area (Å²) in [5.74, 6) is -0.826. The van der Waals surface area contributed by atoms with Crippen molar-refractivity contribution < 1.29 is 17.6 Å². The summed E-state index contributed by atoms with van der Waals surface area (Å²) in [5, 5.41) is 3.00. The third-order valence-corrected chi connectivity index (χ3v) is 7.66. The predicted molar refractivity (Wildman–Crippen MR) is 115 cm³/mol. The average Bonchev–Trinajstić information content (AvgIpc) is 3.34. The van der Waals surface area contributed by atoms with Crippen molar-refractivity contribution in [2.24, 2.45) is 0 Å². The number of aromatic nitrogens is 1. The molecule has 1 aliphatic heterocycles. The Kier molecular flexibility index (Phi) is 5.44. The zero-order chi connectivity index (χ0) is 21.5. The second-order valence-corrected chi connectivity index (χ2v) is 10.2. The van der Waals surface area contributed by atoms with Crippen LogP contribution < -0.4 is 4.90 Å². The average molecular weight is 446 g/mol. The molecule has 0 saturated carbocycles. The van der Waals surface area contributed by atoms with Gasteiger partial charge in [0.2, 0.25) is 15.9 Å². The fraction of sp³-hybridized carbons (Fsp3) is 0.238. The van der Waals surface area contributed by atoms with Gasteiger partial charge < -0.3 is 4.90 Å². The first kappa shape index (κ1) is 20.6. The quantitative estimate of drug-likeness (QED) is 0.603. The van der Waals surface area contributed by atoms with E-state index in [2.05, 4.69) is 4.98 Å². The molecule has 3 aromatic rings. The molecule has 1 amide bonds. The number of aryl methyl sites for hydroxylation is 1. The molecule has 9 heteroatoms. The summed E-state index contributed by atoms with van der Waals surface area (Å²) in [6.07, 6.45) is 0.701. The van der Waals surface area contributed by atoms with Crippen molar-refractivity contribution in [3.63, 3.8) is 0 Å². The van der Waals surface area contributed by atoms with Gasteiger partial charge >= 0.3 is 0 Å². The molecule has 0 bridgehead atoms. The van der Waals surface area contributed by atoms with Crippen LogP contribution in [0.4, 0.5) is 10.1 Å². The standard InChI is InChI=1S/C21H20FN3O3S2/c1-14-23-19(13-29-14)15-3-8-20-16(11-15)9-10-25(20)21(26)12-24(2)30(27,28)18-6-4-17(22)5-7-18/h3-8,11,13H,9-10,12H2,1-2H3. The highest BCUT2D eigenvalue weighted by atomic mass is 32.2. The van der Waals surface area contributed by atoms with Crippen molar-refractivity contribution in [3.05, 3.63) is 64.2 Å². The molecule has 1 aliphatic rings. The molecule has 0 spiro atoms. The number of sulfonamides is 1. The van der Waals surface area contributed by atoms with Crippen LogP contribution in [0, 0.1) is 12.7 Å². The Balaban J connectivity index is 1.51. The zero-order valence-corrected chi connectivity index (χ0v) is 18.1. The van der Waals surface area contributed by atoms with Crippen LogP contribution in [0.25, 0.3) is 11.3 Å². The van der Waals surface area contributed by atoms with Gasteiger partial charge in [0, 0.05) is 30.2 Å². The molecule has 0 saturated heterocycles. The summed E-state index contributed by atoms with van der Waals surface area (Å²) in [6.45, 7) is 2.16. The summed E-state index contributed by atoms with van der Waals surface area (Å²) in [5.41, 5.74) is 3.75. The SMILES string of the molecule is Cc1nc(-c2ccc3c(c2)CCN3C(=O)CN(C)S(=O)(=O)c2ccc(F)cc2)cs1. The molecule has 0 atom stereocenters. The molecule has 156 valence electrons. The van der Waals surface area contributed by atoms with Gasteiger partial charge in [-0.15, -0.1) is 11.3 Å². The first-order valence-corrected chi connectivity index (χ1v) is 11.7. The number of amides is 1. The van der Waals surface area contributed by atoms with Gasteiger partial charge in [0.15, 0.2) is 0 Å². The maximum Gasteiger partial charge on any atom is 0.243 e. The number of hydrogen-bond donors (Lipinski definition) is 0. The van der Waals surface area contributed by atoms with E-state index in [0.29, 0.717) is 13.0 Å². The number of halogens is 1. The lowest BCUT2D eigenvalue weighted by Crippen LogP contribution is -2.40. The molecule has 2 heterocycles. The summed E-state index contributed by atoms with van der Waals surface area (Å²) >= 11 is 1.59. The van der Waals surface area contributed by atoms with Crippen molar-refractivity contribution in [1.82, 2.24) is 9.29 Å². The Labute approximate surface area is 178 Å². The number of likely N-dealkylation sites (N-methyl/N-ethyl adjacent to an activating group) is 1. The Morgan fingerprint density at radius 3 is 2.63 bits per heavy atom. The molecule has 0 unspecified atom stereocenters. The second-order valence-electron chi connectivity index (χ2n) is 7.11. The Morgan fingerprint density at radius 1 is 1.23 bits per heavy atom. The second kappa shape index (κ2) is 7.90. The molecule has 0 radical (unpaired) electrons. The molecule has 1 aromatic heterocycles. The van der Waals surface area contributed by atoms with Gasteiger partial charge in [0.25, 0.3) is 0 Å². The number of rotatable bonds is 5. The lowest BCUT2D eigenvalue weighted by Gasteiger charge is -2.22. The number of nitrogens with zero attached hydrogens (tertiary/aromatic N) is 3. The summed E-state index contributed by atoms with van der Waals surface area (Å²) in [7, 11) is -2.54. The van der Waals surface area contributed by atoms with E-state index in [9.17, 15) is 17.6 Å². The largest absolute Gasteiger partial charge is 0.311 e. The van der Waals surface area contributed by atoms with E-state index < -0.39 is 15.8 Å². The molecular weight excluding hydrogens is 425 g/mol. The monoisotopic (exact) mass is 445 g/mol. The number of thiazole rings is 1. The third kappa shape index (κ3) is 3.88. The van der Waals surface area contributed by atoms with Crippen molar-refractivity contribution in [3.8, 4) is 11.3 Å². The Morgan fingerprint density at radius 2 is 1.97 bits per heavy atom. The third-order valence-electron chi connectivity index (χ3n) is 5.07. The maximum absolute atomic E-state index is 13.1. The number of anilines is 1. The lowest BCUT2D eigenvalue weighted by atomic mass is 10.1. The molecule has 0 aliphatic carbocycles. The van der Waals surface area contributed by atoms with Crippen molar-refractivity contribution in [2.75, 3.05) is 25.0 Å².